The molecule has 2 aromatic heterocycles. The lowest BCUT2D eigenvalue weighted by atomic mass is 9.91. The van der Waals surface area contributed by atoms with Crippen LogP contribution in [0.15, 0.2) is 6.07 Å². The summed E-state index contributed by atoms with van der Waals surface area (Å²) in [6, 6.07) is 1.83. The van der Waals surface area contributed by atoms with E-state index in [9.17, 15) is 8.78 Å². The van der Waals surface area contributed by atoms with Gasteiger partial charge in [0.1, 0.15) is 6.10 Å². The van der Waals surface area contributed by atoms with Gasteiger partial charge in [-0.2, -0.15) is 9.97 Å². The highest BCUT2D eigenvalue weighted by molar-refractivity contribution is 6.28. The molecule has 0 radical (unpaired) electrons. The number of pyridine rings is 1. The normalized spacial score (nSPS) is 18.1. The number of hydrogen-bond acceptors (Lipinski definition) is 4. The van der Waals surface area contributed by atoms with Gasteiger partial charge in [0.25, 0.3) is 5.92 Å². The summed E-state index contributed by atoms with van der Waals surface area (Å²) >= 11 is 5.83. The Hall–Kier alpha value is -1.56. The second-order valence-electron chi connectivity index (χ2n) is 5.06. The first-order valence-electron chi connectivity index (χ1n) is 6.20. The van der Waals surface area contributed by atoms with E-state index in [1.807, 2.05) is 19.9 Å². The quantitative estimate of drug-likeness (QED) is 0.797. The number of aryl methyl sites for hydroxylation is 2. The van der Waals surface area contributed by atoms with E-state index in [-0.39, 0.29) is 24.0 Å². The number of nitrogens with zero attached hydrogens (tertiary/aromatic N) is 3. The molecule has 1 aliphatic carbocycles. The topological polar surface area (TPSA) is 47.9 Å². The molecule has 0 aromatic carbocycles. The smallest absolute Gasteiger partial charge is 0.255 e. The third-order valence-corrected chi connectivity index (χ3v) is 3.57. The van der Waals surface area contributed by atoms with Crippen molar-refractivity contribution in [3.05, 3.63) is 22.6 Å². The van der Waals surface area contributed by atoms with Gasteiger partial charge in [0.2, 0.25) is 11.2 Å². The summed E-state index contributed by atoms with van der Waals surface area (Å²) in [6.07, 6.45) is -1.14. The van der Waals surface area contributed by atoms with Crippen LogP contribution in [-0.2, 0) is 0 Å². The van der Waals surface area contributed by atoms with Crippen LogP contribution in [0, 0.1) is 13.8 Å². The number of fused-ring (bicyclic) bond motifs is 1. The van der Waals surface area contributed by atoms with Crippen LogP contribution in [0.1, 0.15) is 24.1 Å². The number of rotatable bonds is 2. The second-order valence-corrected chi connectivity index (χ2v) is 5.40. The number of aromatic nitrogens is 3. The summed E-state index contributed by atoms with van der Waals surface area (Å²) in [6.45, 7) is 3.76. The van der Waals surface area contributed by atoms with Crippen LogP contribution in [0.4, 0.5) is 8.78 Å². The fourth-order valence-corrected chi connectivity index (χ4v) is 2.29. The summed E-state index contributed by atoms with van der Waals surface area (Å²) in [5.41, 5.74) is 2.19. The summed E-state index contributed by atoms with van der Waals surface area (Å²) < 4.78 is 31.2. The molecule has 7 heteroatoms. The van der Waals surface area contributed by atoms with Crippen LogP contribution >= 0.6 is 11.6 Å². The molecule has 0 saturated heterocycles. The molecule has 0 unspecified atom stereocenters. The van der Waals surface area contributed by atoms with E-state index in [4.69, 9.17) is 16.3 Å². The van der Waals surface area contributed by atoms with Crippen molar-refractivity contribution in [2.24, 2.45) is 0 Å². The first-order valence-corrected chi connectivity index (χ1v) is 6.58. The Morgan fingerprint density at radius 3 is 2.60 bits per heavy atom. The molecule has 0 bridgehead atoms. The highest BCUT2D eigenvalue weighted by Gasteiger charge is 2.47. The van der Waals surface area contributed by atoms with Gasteiger partial charge < -0.3 is 4.74 Å². The molecule has 4 nitrogen and oxygen atoms in total. The zero-order chi connectivity index (χ0) is 14.5. The van der Waals surface area contributed by atoms with E-state index in [0.29, 0.717) is 11.0 Å². The van der Waals surface area contributed by atoms with Gasteiger partial charge in [0.15, 0.2) is 5.65 Å². The second kappa shape index (κ2) is 4.48. The third kappa shape index (κ3) is 2.40. The summed E-state index contributed by atoms with van der Waals surface area (Å²) in [5, 5.41) is 0.585. The lowest BCUT2D eigenvalue weighted by Gasteiger charge is -2.34. The van der Waals surface area contributed by atoms with Crippen LogP contribution in [0.25, 0.3) is 11.0 Å². The molecule has 0 amide bonds. The van der Waals surface area contributed by atoms with Crippen molar-refractivity contribution in [2.45, 2.75) is 38.7 Å². The van der Waals surface area contributed by atoms with Crippen LogP contribution in [-0.4, -0.2) is 27.0 Å². The standard InChI is InChI=1S/C13H12ClF2N3O/c1-6-3-9-10(17-7(6)2)18-12(14)19-11(9)20-8-4-13(15,16)5-8/h3,8H,4-5H2,1-2H3. The van der Waals surface area contributed by atoms with Crippen molar-refractivity contribution < 1.29 is 13.5 Å². The summed E-state index contributed by atoms with van der Waals surface area (Å²) in [5.74, 6) is -2.42. The zero-order valence-electron chi connectivity index (χ0n) is 11.0. The summed E-state index contributed by atoms with van der Waals surface area (Å²) in [7, 11) is 0. The van der Waals surface area contributed by atoms with E-state index in [2.05, 4.69) is 15.0 Å². The van der Waals surface area contributed by atoms with Gasteiger partial charge in [-0.05, 0) is 37.1 Å². The van der Waals surface area contributed by atoms with Crippen LogP contribution < -0.4 is 4.74 Å². The maximum Gasteiger partial charge on any atom is 0.255 e. The van der Waals surface area contributed by atoms with Crippen molar-refractivity contribution in [3.63, 3.8) is 0 Å². The summed E-state index contributed by atoms with van der Waals surface area (Å²) in [4.78, 5) is 12.3. The molecule has 0 spiro atoms. The average molecular weight is 300 g/mol. The lowest BCUT2D eigenvalue weighted by molar-refractivity contribution is -0.135. The first-order chi connectivity index (χ1) is 9.34. The number of halogens is 3. The van der Waals surface area contributed by atoms with Gasteiger partial charge in [-0.25, -0.2) is 13.8 Å². The van der Waals surface area contributed by atoms with Gasteiger partial charge in [-0.15, -0.1) is 0 Å². The number of ether oxygens (including phenoxy) is 1. The molecule has 0 aliphatic heterocycles. The van der Waals surface area contributed by atoms with Crippen molar-refractivity contribution in [2.75, 3.05) is 0 Å². The van der Waals surface area contributed by atoms with Crippen LogP contribution in [0.3, 0.4) is 0 Å². The van der Waals surface area contributed by atoms with Crippen LogP contribution in [0.5, 0.6) is 5.88 Å². The molecule has 106 valence electrons. The van der Waals surface area contributed by atoms with Crippen molar-refractivity contribution in [3.8, 4) is 5.88 Å². The minimum atomic E-state index is -2.64. The molecule has 0 N–H and O–H groups in total. The van der Waals surface area contributed by atoms with Crippen molar-refractivity contribution >= 4 is 22.6 Å². The van der Waals surface area contributed by atoms with E-state index in [0.717, 1.165) is 11.3 Å². The van der Waals surface area contributed by atoms with Gasteiger partial charge in [0, 0.05) is 18.5 Å². The van der Waals surface area contributed by atoms with E-state index < -0.39 is 12.0 Å². The third-order valence-electron chi connectivity index (χ3n) is 3.40. The molecular weight excluding hydrogens is 288 g/mol. The number of hydrogen-bond donors (Lipinski definition) is 0. The maximum atomic E-state index is 12.9. The van der Waals surface area contributed by atoms with Crippen molar-refractivity contribution in [1.29, 1.82) is 0 Å². The highest BCUT2D eigenvalue weighted by atomic mass is 35.5. The molecule has 1 saturated carbocycles. The first kappa shape index (κ1) is 13.4. The Bertz CT molecular complexity index is 685. The average Bonchev–Trinajstić information content (AvgIpc) is 2.29. The van der Waals surface area contributed by atoms with Gasteiger partial charge >= 0.3 is 0 Å². The van der Waals surface area contributed by atoms with E-state index in [1.54, 1.807) is 0 Å². The monoisotopic (exact) mass is 299 g/mol. The largest absolute Gasteiger partial charge is 0.473 e. The minimum absolute atomic E-state index is 0.00524. The molecule has 20 heavy (non-hydrogen) atoms. The molecule has 1 fully saturated rings. The highest BCUT2D eigenvalue weighted by Crippen LogP contribution is 2.40. The Morgan fingerprint density at radius 2 is 1.95 bits per heavy atom. The molecule has 2 heterocycles. The molecule has 3 rings (SSSR count). The van der Waals surface area contributed by atoms with E-state index >= 15 is 0 Å². The Labute approximate surface area is 119 Å². The fourth-order valence-electron chi connectivity index (χ4n) is 2.13. The van der Waals surface area contributed by atoms with Gasteiger partial charge in [-0.3, -0.25) is 0 Å². The SMILES string of the molecule is Cc1cc2c(OC3CC(F)(F)C3)nc(Cl)nc2nc1C. The fraction of sp³-hybridized carbons (Fsp3) is 0.462. The predicted octanol–water partition coefficient (Wildman–Crippen LogP) is 3.47. The Morgan fingerprint density at radius 1 is 1.25 bits per heavy atom. The lowest BCUT2D eigenvalue weighted by Crippen LogP contribution is -2.43. The predicted molar refractivity (Wildman–Crippen MR) is 70.4 cm³/mol. The molecule has 2 aromatic rings. The van der Waals surface area contributed by atoms with Gasteiger partial charge in [0.05, 0.1) is 5.39 Å². The zero-order valence-corrected chi connectivity index (χ0v) is 11.7. The maximum absolute atomic E-state index is 12.9. The molecular formula is C13H12ClF2N3O. The minimum Gasteiger partial charge on any atom is -0.473 e. The van der Waals surface area contributed by atoms with Gasteiger partial charge in [-0.1, -0.05) is 0 Å². The van der Waals surface area contributed by atoms with E-state index in [1.165, 1.54) is 0 Å². The molecule has 0 atom stereocenters. The van der Waals surface area contributed by atoms with Crippen LogP contribution in [0.2, 0.25) is 5.28 Å². The van der Waals surface area contributed by atoms with Crippen molar-refractivity contribution in [1.82, 2.24) is 15.0 Å². The number of alkyl halides is 2. The Kier molecular flexibility index (Phi) is 3.01. The Balaban J connectivity index is 1.99. The molecule has 1 aliphatic rings.